The normalized spacial score (nSPS) is 15.4. The highest BCUT2D eigenvalue weighted by atomic mass is 14.7. The Kier molecular flexibility index (Phi) is 3.11. The van der Waals surface area contributed by atoms with Crippen LogP contribution in [0.15, 0.2) is 42.6 Å². The van der Waals surface area contributed by atoms with Gasteiger partial charge in [0.05, 0.1) is 0 Å². The summed E-state index contributed by atoms with van der Waals surface area (Å²) in [6.45, 7) is 0. The summed E-state index contributed by atoms with van der Waals surface area (Å²) >= 11 is 0. The Balaban J connectivity index is 1.78. The van der Waals surface area contributed by atoms with Gasteiger partial charge in [-0.15, -0.1) is 0 Å². The summed E-state index contributed by atoms with van der Waals surface area (Å²) in [6, 6.07) is 12.7. The lowest BCUT2D eigenvalue weighted by molar-refractivity contribution is 0.705. The fraction of sp³-hybridized carbons (Fsp3) is 0.312. The van der Waals surface area contributed by atoms with Crippen molar-refractivity contribution in [3.63, 3.8) is 0 Å². The standard InChI is InChI=1S/C16H18N2/c17-16(11-15-6-1-2-9-18-15)14-8-7-12-4-3-5-13(12)10-14/h1-2,6-10,16H,3-5,11,17H2. The molecular formula is C16H18N2. The molecule has 18 heavy (non-hydrogen) atoms. The van der Waals surface area contributed by atoms with Crippen molar-refractivity contribution in [2.75, 3.05) is 0 Å². The van der Waals surface area contributed by atoms with Crippen molar-refractivity contribution >= 4 is 0 Å². The van der Waals surface area contributed by atoms with Crippen LogP contribution in [-0.4, -0.2) is 4.98 Å². The van der Waals surface area contributed by atoms with Crippen molar-refractivity contribution in [1.82, 2.24) is 4.98 Å². The predicted molar refractivity (Wildman–Crippen MR) is 73.3 cm³/mol. The molecule has 0 saturated heterocycles. The molecule has 0 aliphatic heterocycles. The Labute approximate surface area is 108 Å². The van der Waals surface area contributed by atoms with Crippen molar-refractivity contribution in [3.05, 3.63) is 65.0 Å². The third-order valence-corrected chi connectivity index (χ3v) is 3.71. The van der Waals surface area contributed by atoms with E-state index in [9.17, 15) is 0 Å². The summed E-state index contributed by atoms with van der Waals surface area (Å²) in [5, 5.41) is 0. The maximum Gasteiger partial charge on any atom is 0.0422 e. The molecular weight excluding hydrogens is 220 g/mol. The quantitative estimate of drug-likeness (QED) is 0.893. The Morgan fingerprint density at radius 3 is 2.83 bits per heavy atom. The lowest BCUT2D eigenvalue weighted by Crippen LogP contribution is -2.14. The summed E-state index contributed by atoms with van der Waals surface area (Å²) in [7, 11) is 0. The van der Waals surface area contributed by atoms with Crippen molar-refractivity contribution in [2.24, 2.45) is 5.73 Å². The number of nitrogens with zero attached hydrogens (tertiary/aromatic N) is 1. The molecule has 1 aromatic heterocycles. The fourth-order valence-electron chi connectivity index (χ4n) is 2.68. The molecule has 0 radical (unpaired) electrons. The molecule has 1 aliphatic carbocycles. The van der Waals surface area contributed by atoms with Gasteiger partial charge in [0.25, 0.3) is 0 Å². The van der Waals surface area contributed by atoms with Gasteiger partial charge in [-0.1, -0.05) is 24.3 Å². The zero-order chi connectivity index (χ0) is 12.4. The molecule has 1 heterocycles. The van der Waals surface area contributed by atoms with E-state index in [1.807, 2.05) is 24.4 Å². The maximum absolute atomic E-state index is 6.28. The monoisotopic (exact) mass is 238 g/mol. The summed E-state index contributed by atoms with van der Waals surface area (Å²) in [4.78, 5) is 4.34. The number of nitrogens with two attached hydrogens (primary N) is 1. The first-order valence-electron chi connectivity index (χ1n) is 6.60. The van der Waals surface area contributed by atoms with Crippen LogP contribution in [-0.2, 0) is 19.3 Å². The van der Waals surface area contributed by atoms with Crippen LogP contribution in [0.1, 0.15) is 34.8 Å². The van der Waals surface area contributed by atoms with Gasteiger partial charge in [-0.25, -0.2) is 0 Å². The number of aromatic nitrogens is 1. The Morgan fingerprint density at radius 2 is 2.00 bits per heavy atom. The lowest BCUT2D eigenvalue weighted by Gasteiger charge is -2.13. The average Bonchev–Trinajstić information content (AvgIpc) is 2.87. The van der Waals surface area contributed by atoms with Gasteiger partial charge in [0.1, 0.15) is 0 Å². The molecule has 1 aliphatic rings. The Morgan fingerprint density at radius 1 is 1.11 bits per heavy atom. The third-order valence-electron chi connectivity index (χ3n) is 3.71. The van der Waals surface area contributed by atoms with E-state index in [4.69, 9.17) is 5.73 Å². The van der Waals surface area contributed by atoms with Gasteiger partial charge in [-0.2, -0.15) is 0 Å². The molecule has 0 amide bonds. The van der Waals surface area contributed by atoms with Gasteiger partial charge in [-0.3, -0.25) is 4.98 Å². The van der Waals surface area contributed by atoms with Crippen LogP contribution < -0.4 is 5.73 Å². The highest BCUT2D eigenvalue weighted by Gasteiger charge is 2.14. The van der Waals surface area contributed by atoms with Crippen molar-refractivity contribution in [1.29, 1.82) is 0 Å². The second-order valence-corrected chi connectivity index (χ2v) is 5.01. The Hall–Kier alpha value is -1.67. The van der Waals surface area contributed by atoms with E-state index in [-0.39, 0.29) is 6.04 Å². The first-order chi connectivity index (χ1) is 8.83. The van der Waals surface area contributed by atoms with E-state index in [1.54, 1.807) is 0 Å². The van der Waals surface area contributed by atoms with Crippen LogP contribution in [0, 0.1) is 0 Å². The van der Waals surface area contributed by atoms with Gasteiger partial charge < -0.3 is 5.73 Å². The number of rotatable bonds is 3. The van der Waals surface area contributed by atoms with Crippen LogP contribution in [0.3, 0.4) is 0 Å². The third kappa shape index (κ3) is 2.29. The molecule has 0 fully saturated rings. The molecule has 1 aromatic carbocycles. The predicted octanol–water partition coefficient (Wildman–Crippen LogP) is 2.81. The minimum Gasteiger partial charge on any atom is -0.324 e. The van der Waals surface area contributed by atoms with Crippen LogP contribution in [0.4, 0.5) is 0 Å². The fourth-order valence-corrected chi connectivity index (χ4v) is 2.68. The van der Waals surface area contributed by atoms with Gasteiger partial charge in [0, 0.05) is 24.4 Å². The minimum atomic E-state index is 0.0470. The maximum atomic E-state index is 6.28. The smallest absolute Gasteiger partial charge is 0.0422 e. The number of benzene rings is 1. The van der Waals surface area contributed by atoms with Gasteiger partial charge in [0.2, 0.25) is 0 Å². The first kappa shape index (κ1) is 11.4. The first-order valence-corrected chi connectivity index (χ1v) is 6.60. The second-order valence-electron chi connectivity index (χ2n) is 5.01. The van der Waals surface area contributed by atoms with Crippen LogP contribution in [0.25, 0.3) is 0 Å². The van der Waals surface area contributed by atoms with Gasteiger partial charge in [0.15, 0.2) is 0 Å². The second kappa shape index (κ2) is 4.91. The number of hydrogen-bond donors (Lipinski definition) is 1. The van der Waals surface area contributed by atoms with E-state index in [1.165, 1.54) is 36.0 Å². The van der Waals surface area contributed by atoms with Gasteiger partial charge >= 0.3 is 0 Å². The van der Waals surface area contributed by atoms with Gasteiger partial charge in [-0.05, 0) is 48.1 Å². The van der Waals surface area contributed by atoms with Crippen LogP contribution in [0.5, 0.6) is 0 Å². The summed E-state index contributed by atoms with van der Waals surface area (Å²) in [5.74, 6) is 0. The molecule has 2 N–H and O–H groups in total. The van der Waals surface area contributed by atoms with Crippen molar-refractivity contribution in [3.8, 4) is 0 Å². The zero-order valence-corrected chi connectivity index (χ0v) is 10.5. The SMILES string of the molecule is NC(Cc1ccccn1)c1ccc2c(c1)CCC2. The molecule has 2 heteroatoms. The molecule has 2 aromatic rings. The minimum absolute atomic E-state index is 0.0470. The summed E-state index contributed by atoms with van der Waals surface area (Å²) in [6.07, 6.45) is 6.35. The van der Waals surface area contributed by atoms with E-state index in [2.05, 4.69) is 23.2 Å². The largest absolute Gasteiger partial charge is 0.324 e. The molecule has 3 rings (SSSR count). The molecule has 92 valence electrons. The van der Waals surface area contributed by atoms with Crippen LogP contribution >= 0.6 is 0 Å². The van der Waals surface area contributed by atoms with Crippen molar-refractivity contribution < 1.29 is 0 Å². The topological polar surface area (TPSA) is 38.9 Å². The Bertz CT molecular complexity index is 534. The summed E-state index contributed by atoms with van der Waals surface area (Å²) in [5.41, 5.74) is 11.6. The molecule has 2 nitrogen and oxygen atoms in total. The molecule has 0 spiro atoms. The van der Waals surface area contributed by atoms with Crippen LogP contribution in [0.2, 0.25) is 0 Å². The number of pyridine rings is 1. The van der Waals surface area contributed by atoms with Crippen molar-refractivity contribution in [2.45, 2.75) is 31.7 Å². The number of fused-ring (bicyclic) bond motifs is 1. The highest BCUT2D eigenvalue weighted by Crippen LogP contribution is 2.25. The van der Waals surface area contributed by atoms with E-state index >= 15 is 0 Å². The number of hydrogen-bond acceptors (Lipinski definition) is 2. The molecule has 1 unspecified atom stereocenters. The molecule has 1 atom stereocenters. The average molecular weight is 238 g/mol. The number of aryl methyl sites for hydroxylation is 2. The molecule has 0 bridgehead atoms. The van der Waals surface area contributed by atoms with E-state index in [0.29, 0.717) is 0 Å². The lowest BCUT2D eigenvalue weighted by atomic mass is 9.98. The summed E-state index contributed by atoms with van der Waals surface area (Å²) < 4.78 is 0. The van der Waals surface area contributed by atoms with E-state index < -0.39 is 0 Å². The molecule has 0 saturated carbocycles. The highest BCUT2D eigenvalue weighted by molar-refractivity contribution is 5.36. The zero-order valence-electron chi connectivity index (χ0n) is 10.5. The van der Waals surface area contributed by atoms with E-state index in [0.717, 1.165) is 12.1 Å².